The van der Waals surface area contributed by atoms with Gasteiger partial charge in [0.1, 0.15) is 0 Å². The second-order valence-corrected chi connectivity index (χ2v) is 6.30. The molecule has 3 aromatic carbocycles. The van der Waals surface area contributed by atoms with Crippen molar-refractivity contribution >= 4 is 11.6 Å². The highest BCUT2D eigenvalue weighted by molar-refractivity contribution is 6.18. The first-order chi connectivity index (χ1) is 11.8. The van der Waals surface area contributed by atoms with E-state index in [4.69, 9.17) is 11.6 Å². The zero-order valence-corrected chi connectivity index (χ0v) is 14.7. The van der Waals surface area contributed by atoms with Crippen LogP contribution in [0.3, 0.4) is 0 Å². The van der Waals surface area contributed by atoms with Crippen molar-refractivity contribution in [3.8, 4) is 0 Å². The van der Waals surface area contributed by atoms with Gasteiger partial charge in [-0.25, -0.2) is 0 Å². The lowest BCUT2D eigenvalue weighted by atomic mass is 9.76. The highest BCUT2D eigenvalue weighted by Crippen LogP contribution is 2.41. The van der Waals surface area contributed by atoms with E-state index in [9.17, 15) is 0 Å². The zero-order chi connectivity index (χ0) is 16.8. The van der Waals surface area contributed by atoms with Gasteiger partial charge in [0.2, 0.25) is 0 Å². The van der Waals surface area contributed by atoms with Crippen LogP contribution in [0.1, 0.15) is 16.7 Å². The van der Waals surface area contributed by atoms with E-state index in [1.807, 2.05) is 0 Å². The summed E-state index contributed by atoms with van der Waals surface area (Å²) in [5, 5.41) is 0. The predicted octanol–water partition coefficient (Wildman–Crippen LogP) is 5.15. The predicted molar refractivity (Wildman–Crippen MR) is 103 cm³/mol. The maximum Gasteiger partial charge on any atom is 0.0970 e. The summed E-state index contributed by atoms with van der Waals surface area (Å²) in [5.74, 6) is 0.588. The van der Waals surface area contributed by atoms with Crippen LogP contribution >= 0.6 is 11.6 Å². The lowest BCUT2D eigenvalue weighted by Crippen LogP contribution is -2.46. The molecule has 0 radical (unpaired) electrons. The van der Waals surface area contributed by atoms with Crippen LogP contribution in [-0.2, 0) is 5.54 Å². The molecule has 0 atom stereocenters. The van der Waals surface area contributed by atoms with Crippen LogP contribution in [-0.4, -0.2) is 24.4 Å². The Bertz CT molecular complexity index is 644. The third-order valence-corrected chi connectivity index (χ3v) is 4.74. The Kier molecular flexibility index (Phi) is 5.34. The fourth-order valence-electron chi connectivity index (χ4n) is 3.49. The molecule has 0 aliphatic rings. The van der Waals surface area contributed by atoms with Crippen LogP contribution in [0.4, 0.5) is 0 Å². The molecular formula is C22H22ClN. The molecule has 0 saturated heterocycles. The number of halogens is 1. The molecule has 0 N–H and O–H groups in total. The van der Waals surface area contributed by atoms with Gasteiger partial charge in [-0.05, 0) is 23.7 Å². The first kappa shape index (κ1) is 16.8. The van der Waals surface area contributed by atoms with Crippen LogP contribution in [0.5, 0.6) is 0 Å². The van der Waals surface area contributed by atoms with Crippen molar-refractivity contribution in [3.63, 3.8) is 0 Å². The molecular weight excluding hydrogens is 314 g/mol. The van der Waals surface area contributed by atoms with Crippen LogP contribution in [0.2, 0.25) is 0 Å². The molecule has 0 amide bonds. The van der Waals surface area contributed by atoms with Crippen LogP contribution < -0.4 is 0 Å². The lowest BCUT2D eigenvalue weighted by Gasteiger charge is -2.43. The molecule has 0 fully saturated rings. The minimum Gasteiger partial charge on any atom is -0.288 e. The van der Waals surface area contributed by atoms with E-state index in [1.165, 1.54) is 16.7 Å². The van der Waals surface area contributed by atoms with E-state index in [2.05, 4.69) is 103 Å². The highest BCUT2D eigenvalue weighted by Gasteiger charge is 2.39. The molecule has 2 heteroatoms. The maximum atomic E-state index is 6.12. The maximum absolute atomic E-state index is 6.12. The first-order valence-corrected chi connectivity index (χ1v) is 8.77. The van der Waals surface area contributed by atoms with Crippen LogP contribution in [0.25, 0.3) is 0 Å². The largest absolute Gasteiger partial charge is 0.288 e. The average Bonchev–Trinajstić information content (AvgIpc) is 2.65. The fourth-order valence-corrected chi connectivity index (χ4v) is 3.75. The second kappa shape index (κ2) is 7.65. The van der Waals surface area contributed by atoms with Gasteiger partial charge < -0.3 is 0 Å². The molecule has 0 aliphatic heterocycles. The Morgan fingerprint density at radius 3 is 1.29 bits per heavy atom. The molecule has 0 spiro atoms. The fraction of sp³-hybridized carbons (Fsp3) is 0.182. The van der Waals surface area contributed by atoms with E-state index in [0.717, 1.165) is 6.54 Å². The normalized spacial score (nSPS) is 11.6. The number of hydrogen-bond donors (Lipinski definition) is 0. The highest BCUT2D eigenvalue weighted by atomic mass is 35.5. The van der Waals surface area contributed by atoms with Gasteiger partial charge in [-0.2, -0.15) is 0 Å². The molecule has 3 rings (SSSR count). The molecule has 0 aliphatic carbocycles. The molecule has 0 heterocycles. The van der Waals surface area contributed by atoms with Crippen LogP contribution in [0, 0.1) is 0 Å². The Hall–Kier alpha value is -2.09. The SMILES string of the molecule is CN(CCCl)C(c1ccccc1)(c1ccccc1)c1ccccc1. The summed E-state index contributed by atoms with van der Waals surface area (Å²) in [4.78, 5) is 2.35. The van der Waals surface area contributed by atoms with Gasteiger partial charge in [-0.15, -0.1) is 11.6 Å². The first-order valence-electron chi connectivity index (χ1n) is 8.24. The lowest BCUT2D eigenvalue weighted by molar-refractivity contribution is 0.211. The van der Waals surface area contributed by atoms with Crippen molar-refractivity contribution in [3.05, 3.63) is 108 Å². The molecule has 3 aromatic rings. The topological polar surface area (TPSA) is 3.24 Å². The van der Waals surface area contributed by atoms with Crippen molar-refractivity contribution in [2.75, 3.05) is 19.5 Å². The van der Waals surface area contributed by atoms with Crippen molar-refractivity contribution < 1.29 is 0 Å². The minimum absolute atomic E-state index is 0.362. The third kappa shape index (κ3) is 2.98. The van der Waals surface area contributed by atoms with Gasteiger partial charge in [0.25, 0.3) is 0 Å². The summed E-state index contributed by atoms with van der Waals surface area (Å²) in [5.41, 5.74) is 3.37. The van der Waals surface area contributed by atoms with E-state index >= 15 is 0 Å². The van der Waals surface area contributed by atoms with E-state index in [1.54, 1.807) is 0 Å². The van der Waals surface area contributed by atoms with Gasteiger partial charge in [-0.3, -0.25) is 4.90 Å². The smallest absolute Gasteiger partial charge is 0.0970 e. The molecule has 0 saturated carbocycles. The number of hydrogen-bond acceptors (Lipinski definition) is 1. The minimum atomic E-state index is -0.362. The monoisotopic (exact) mass is 335 g/mol. The summed E-state index contributed by atoms with van der Waals surface area (Å²) >= 11 is 6.12. The van der Waals surface area contributed by atoms with Gasteiger partial charge in [0, 0.05) is 12.4 Å². The number of alkyl halides is 1. The second-order valence-electron chi connectivity index (χ2n) is 5.92. The molecule has 122 valence electrons. The van der Waals surface area contributed by atoms with Crippen LogP contribution in [0.15, 0.2) is 91.0 Å². The van der Waals surface area contributed by atoms with Crippen molar-refractivity contribution in [2.24, 2.45) is 0 Å². The molecule has 24 heavy (non-hydrogen) atoms. The summed E-state index contributed by atoms with van der Waals surface area (Å²) in [7, 11) is 2.15. The van der Waals surface area contributed by atoms with Crippen molar-refractivity contribution in [1.82, 2.24) is 4.90 Å². The average molecular weight is 336 g/mol. The van der Waals surface area contributed by atoms with Crippen molar-refractivity contribution in [2.45, 2.75) is 5.54 Å². The quantitative estimate of drug-likeness (QED) is 0.445. The molecule has 1 nitrogen and oxygen atoms in total. The Morgan fingerprint density at radius 1 is 0.667 bits per heavy atom. The summed E-state index contributed by atoms with van der Waals surface area (Å²) in [6, 6.07) is 32.0. The standard InChI is InChI=1S/C22H22ClN/c1-24(18-17-23)22(19-11-5-2-6-12-19,20-13-7-3-8-14-20)21-15-9-4-10-16-21/h2-16H,17-18H2,1H3. The Balaban J connectivity index is 2.33. The van der Waals surface area contributed by atoms with Gasteiger partial charge >= 0.3 is 0 Å². The summed E-state index contributed by atoms with van der Waals surface area (Å²) < 4.78 is 0. The van der Waals surface area contributed by atoms with Gasteiger partial charge in [0.05, 0.1) is 5.54 Å². The third-order valence-electron chi connectivity index (χ3n) is 4.57. The van der Waals surface area contributed by atoms with E-state index in [0.29, 0.717) is 5.88 Å². The number of rotatable bonds is 6. The summed E-state index contributed by atoms with van der Waals surface area (Å²) in [6.07, 6.45) is 0. The number of benzene rings is 3. The number of nitrogens with zero attached hydrogens (tertiary/aromatic N) is 1. The molecule has 0 aromatic heterocycles. The van der Waals surface area contributed by atoms with E-state index in [-0.39, 0.29) is 5.54 Å². The summed E-state index contributed by atoms with van der Waals surface area (Å²) in [6.45, 7) is 0.792. The zero-order valence-electron chi connectivity index (χ0n) is 13.9. The van der Waals surface area contributed by atoms with Crippen molar-refractivity contribution in [1.29, 1.82) is 0 Å². The molecule has 0 unspecified atom stereocenters. The Labute approximate surface area is 149 Å². The van der Waals surface area contributed by atoms with Gasteiger partial charge in [-0.1, -0.05) is 91.0 Å². The Morgan fingerprint density at radius 2 is 1.00 bits per heavy atom. The van der Waals surface area contributed by atoms with E-state index < -0.39 is 0 Å². The molecule has 0 bridgehead atoms. The van der Waals surface area contributed by atoms with Gasteiger partial charge in [0.15, 0.2) is 0 Å².